The molecule has 4 rings (SSSR count). The van der Waals surface area contributed by atoms with Crippen LogP contribution in [0.2, 0.25) is 5.02 Å². The number of hydroxylamine groups is 1. The maximum atomic E-state index is 14.2. The standard InChI is InChI=1S/C30H34ClFN6O4/c1-18-27(31)22(17-23(33)28(18)32)30(41)35-24-16-21(9-10-25(24)38-14-12-37(2)13-15-38)19-5-7-20(8-6-19)29(40)34-11-3-4-26(39)36-42/h5-10,16-17,42H,3-4,11-15,33H2,1-2H3,(H,34,40)(H,35,41)(H,36,39). The summed E-state index contributed by atoms with van der Waals surface area (Å²) in [5.41, 5.74) is 10.9. The Labute approximate surface area is 248 Å². The van der Waals surface area contributed by atoms with Crippen LogP contribution in [0.3, 0.4) is 0 Å². The Morgan fingerprint density at radius 3 is 2.33 bits per heavy atom. The van der Waals surface area contributed by atoms with Gasteiger partial charge in [0.05, 0.1) is 27.6 Å². The molecule has 1 saturated heterocycles. The SMILES string of the molecule is Cc1c(F)c(N)cc(C(=O)Nc2cc(-c3ccc(C(=O)NCCCC(=O)NO)cc3)ccc2N2CCN(C)CC2)c1Cl. The molecule has 1 heterocycles. The molecule has 6 N–H and O–H groups in total. The summed E-state index contributed by atoms with van der Waals surface area (Å²) in [6.07, 6.45) is 0.485. The summed E-state index contributed by atoms with van der Waals surface area (Å²) >= 11 is 6.33. The number of nitrogens with two attached hydrogens (primary N) is 1. The molecule has 3 amide bonds. The molecular formula is C30H34ClFN6O4. The molecule has 222 valence electrons. The highest BCUT2D eigenvalue weighted by Crippen LogP contribution is 2.34. The van der Waals surface area contributed by atoms with Crippen molar-refractivity contribution in [2.24, 2.45) is 0 Å². The van der Waals surface area contributed by atoms with Gasteiger partial charge in [-0.2, -0.15) is 0 Å². The predicted octanol–water partition coefficient (Wildman–Crippen LogP) is 4.06. The van der Waals surface area contributed by atoms with Gasteiger partial charge in [0.2, 0.25) is 5.91 Å². The lowest BCUT2D eigenvalue weighted by Gasteiger charge is -2.35. The minimum atomic E-state index is -0.650. The highest BCUT2D eigenvalue weighted by molar-refractivity contribution is 6.35. The number of nitrogens with one attached hydrogen (secondary N) is 3. The van der Waals surface area contributed by atoms with Crippen molar-refractivity contribution in [1.29, 1.82) is 0 Å². The highest BCUT2D eigenvalue weighted by atomic mass is 35.5. The third-order valence-electron chi connectivity index (χ3n) is 7.25. The van der Waals surface area contributed by atoms with Crippen LogP contribution in [-0.4, -0.2) is 67.6 Å². The van der Waals surface area contributed by atoms with E-state index in [0.717, 1.165) is 43.0 Å². The van der Waals surface area contributed by atoms with Crippen LogP contribution in [0.1, 0.15) is 39.1 Å². The molecule has 1 aliphatic heterocycles. The van der Waals surface area contributed by atoms with E-state index in [0.29, 0.717) is 17.7 Å². The van der Waals surface area contributed by atoms with Gasteiger partial charge in [0.25, 0.3) is 11.8 Å². The number of amides is 3. The number of nitrogens with zero attached hydrogens (tertiary/aromatic N) is 2. The van der Waals surface area contributed by atoms with E-state index in [-0.39, 0.29) is 40.7 Å². The van der Waals surface area contributed by atoms with Crippen LogP contribution in [0.5, 0.6) is 0 Å². The maximum absolute atomic E-state index is 14.2. The van der Waals surface area contributed by atoms with E-state index in [4.69, 9.17) is 22.5 Å². The number of hydrogen-bond acceptors (Lipinski definition) is 7. The van der Waals surface area contributed by atoms with E-state index in [9.17, 15) is 18.8 Å². The summed E-state index contributed by atoms with van der Waals surface area (Å²) in [6.45, 7) is 5.04. The second kappa shape index (κ2) is 13.6. The Bertz CT molecular complexity index is 1480. The van der Waals surface area contributed by atoms with E-state index < -0.39 is 17.6 Å². The summed E-state index contributed by atoms with van der Waals surface area (Å²) < 4.78 is 14.2. The van der Waals surface area contributed by atoms with Crippen LogP contribution in [-0.2, 0) is 4.79 Å². The Balaban J connectivity index is 1.57. The topological polar surface area (TPSA) is 140 Å². The monoisotopic (exact) mass is 596 g/mol. The van der Waals surface area contributed by atoms with Gasteiger partial charge in [0, 0.05) is 50.3 Å². The van der Waals surface area contributed by atoms with Gasteiger partial charge >= 0.3 is 0 Å². The third-order valence-corrected chi connectivity index (χ3v) is 7.74. The number of benzene rings is 3. The minimum Gasteiger partial charge on any atom is -0.396 e. The van der Waals surface area contributed by atoms with Gasteiger partial charge < -0.3 is 26.2 Å². The van der Waals surface area contributed by atoms with Crippen LogP contribution in [0.25, 0.3) is 11.1 Å². The van der Waals surface area contributed by atoms with Crippen molar-refractivity contribution < 1.29 is 24.0 Å². The summed E-state index contributed by atoms with van der Waals surface area (Å²) in [6, 6.07) is 14.0. The van der Waals surface area contributed by atoms with Crippen molar-refractivity contribution in [3.63, 3.8) is 0 Å². The van der Waals surface area contributed by atoms with Gasteiger partial charge in [0.1, 0.15) is 0 Å². The molecule has 0 unspecified atom stereocenters. The Morgan fingerprint density at radius 1 is 1.00 bits per heavy atom. The molecule has 3 aromatic carbocycles. The average Bonchev–Trinajstić information content (AvgIpc) is 3.00. The number of anilines is 3. The smallest absolute Gasteiger partial charge is 0.257 e. The zero-order valence-corrected chi connectivity index (χ0v) is 24.2. The zero-order chi connectivity index (χ0) is 30.4. The summed E-state index contributed by atoms with van der Waals surface area (Å²) in [4.78, 5) is 41.4. The molecule has 0 aliphatic carbocycles. The number of nitrogen functional groups attached to an aromatic ring is 1. The molecule has 42 heavy (non-hydrogen) atoms. The normalized spacial score (nSPS) is 13.5. The van der Waals surface area contributed by atoms with Crippen LogP contribution >= 0.6 is 11.6 Å². The second-order valence-electron chi connectivity index (χ2n) is 10.2. The lowest BCUT2D eigenvalue weighted by atomic mass is 10.0. The fourth-order valence-corrected chi connectivity index (χ4v) is 4.94. The Morgan fingerprint density at radius 2 is 1.67 bits per heavy atom. The molecule has 1 fully saturated rings. The Hall–Kier alpha value is -4.19. The van der Waals surface area contributed by atoms with Gasteiger partial charge in [-0.1, -0.05) is 29.8 Å². The average molecular weight is 597 g/mol. The van der Waals surface area contributed by atoms with Crippen molar-refractivity contribution in [3.8, 4) is 11.1 Å². The molecule has 1 aliphatic rings. The summed E-state index contributed by atoms with van der Waals surface area (Å²) in [5, 5.41) is 14.3. The van der Waals surface area contributed by atoms with E-state index in [1.807, 2.05) is 30.3 Å². The molecule has 3 aromatic rings. The fourth-order valence-electron chi connectivity index (χ4n) is 4.71. The van der Waals surface area contributed by atoms with Crippen LogP contribution in [0.15, 0.2) is 48.5 Å². The van der Waals surface area contributed by atoms with Gasteiger partial charge in [-0.3, -0.25) is 19.6 Å². The van der Waals surface area contributed by atoms with Crippen LogP contribution in [0, 0.1) is 12.7 Å². The van der Waals surface area contributed by atoms with Crippen LogP contribution in [0.4, 0.5) is 21.5 Å². The fraction of sp³-hybridized carbons (Fsp3) is 0.300. The van der Waals surface area contributed by atoms with E-state index in [1.165, 1.54) is 13.0 Å². The van der Waals surface area contributed by atoms with Crippen molar-refractivity contribution in [2.75, 3.05) is 55.7 Å². The lowest BCUT2D eigenvalue weighted by molar-refractivity contribution is -0.129. The first-order valence-electron chi connectivity index (χ1n) is 13.5. The number of carbonyl (C=O) groups excluding carboxylic acids is 3. The minimum absolute atomic E-state index is 0.00188. The van der Waals surface area contributed by atoms with Crippen LogP contribution < -0.4 is 26.7 Å². The molecule has 0 saturated carbocycles. The first-order valence-corrected chi connectivity index (χ1v) is 13.9. The molecule has 10 nitrogen and oxygen atoms in total. The number of rotatable bonds is 9. The molecule has 12 heteroatoms. The first kappa shape index (κ1) is 30.8. The van der Waals surface area contributed by atoms with Gasteiger partial charge in [0.15, 0.2) is 5.82 Å². The zero-order valence-electron chi connectivity index (χ0n) is 23.5. The molecule has 0 bridgehead atoms. The highest BCUT2D eigenvalue weighted by Gasteiger charge is 2.22. The maximum Gasteiger partial charge on any atom is 0.257 e. The lowest BCUT2D eigenvalue weighted by Crippen LogP contribution is -2.44. The quantitative estimate of drug-likeness (QED) is 0.109. The number of halogens is 2. The predicted molar refractivity (Wildman–Crippen MR) is 162 cm³/mol. The second-order valence-corrected chi connectivity index (χ2v) is 10.6. The summed E-state index contributed by atoms with van der Waals surface area (Å²) in [7, 11) is 2.06. The van der Waals surface area contributed by atoms with Gasteiger partial charge in [-0.25, -0.2) is 9.87 Å². The van der Waals surface area contributed by atoms with Crippen molar-refractivity contribution in [3.05, 3.63) is 76.1 Å². The van der Waals surface area contributed by atoms with Crippen molar-refractivity contribution in [2.45, 2.75) is 19.8 Å². The third kappa shape index (κ3) is 7.17. The molecule has 0 aromatic heterocycles. The molecule has 0 spiro atoms. The van der Waals surface area contributed by atoms with Gasteiger partial charge in [-0.05, 0) is 61.9 Å². The largest absolute Gasteiger partial charge is 0.396 e. The first-order chi connectivity index (χ1) is 20.1. The number of likely N-dealkylation sites (N-methyl/N-ethyl adjacent to an activating group) is 1. The molecule has 0 atom stereocenters. The van der Waals surface area contributed by atoms with E-state index >= 15 is 0 Å². The van der Waals surface area contributed by atoms with Crippen molar-refractivity contribution in [1.82, 2.24) is 15.7 Å². The van der Waals surface area contributed by atoms with Gasteiger partial charge in [-0.15, -0.1) is 0 Å². The number of piperazine rings is 1. The van der Waals surface area contributed by atoms with Crippen molar-refractivity contribution >= 4 is 46.4 Å². The Kier molecular flexibility index (Phi) is 10.00. The summed E-state index contributed by atoms with van der Waals surface area (Å²) in [5.74, 6) is -1.95. The molecular weight excluding hydrogens is 563 g/mol. The van der Waals surface area contributed by atoms with E-state index in [1.54, 1.807) is 17.6 Å². The number of hydrogen-bond donors (Lipinski definition) is 5. The van der Waals surface area contributed by atoms with E-state index in [2.05, 4.69) is 27.5 Å². The molecule has 0 radical (unpaired) electrons. The number of carbonyl (C=O) groups is 3.